The second-order valence-electron chi connectivity index (χ2n) is 35.7. The minimum Gasteiger partial charge on any atom is -0.356 e. The molecule has 15 rings (SSSR count). The van der Waals surface area contributed by atoms with Crippen LogP contribution in [-0.2, 0) is 37.3 Å². The predicted octanol–water partition coefficient (Wildman–Crippen LogP) is 22.2. The summed E-state index contributed by atoms with van der Waals surface area (Å²) >= 11 is 0. The van der Waals surface area contributed by atoms with Crippen molar-refractivity contribution in [2.24, 2.45) is 27.4 Å². The molecule has 3 aromatic heterocycles. The van der Waals surface area contributed by atoms with Crippen molar-refractivity contribution in [1.82, 2.24) is 49.6 Å². The lowest BCUT2D eigenvalue weighted by molar-refractivity contribution is -0.0368. The van der Waals surface area contributed by atoms with E-state index in [-0.39, 0.29) is 17.8 Å². The highest BCUT2D eigenvalue weighted by Crippen LogP contribution is 2.44. The van der Waals surface area contributed by atoms with Crippen molar-refractivity contribution in [3.8, 4) is 0 Å². The number of pyridine rings is 1. The minimum atomic E-state index is -0.0867. The molecular formula is C100H151N15O. The van der Waals surface area contributed by atoms with Crippen molar-refractivity contribution in [3.63, 3.8) is 0 Å². The molecule has 0 aliphatic carbocycles. The summed E-state index contributed by atoms with van der Waals surface area (Å²) in [6, 6.07) is 47.3. The van der Waals surface area contributed by atoms with Crippen molar-refractivity contribution in [1.29, 1.82) is 0 Å². The number of nitrogens with one attached hydrogen (secondary N) is 1. The number of rotatable bonds is 25. The summed E-state index contributed by atoms with van der Waals surface area (Å²) in [5.41, 5.74) is 17.8. The van der Waals surface area contributed by atoms with Crippen molar-refractivity contribution in [2.45, 2.75) is 292 Å². The lowest BCUT2D eigenvalue weighted by atomic mass is 9.73. The number of ether oxygens (including phenoxy) is 1. The number of aryl methyl sites for hydroxylation is 1. The van der Waals surface area contributed by atoms with Gasteiger partial charge in [-0.3, -0.25) is 24.6 Å². The molecule has 0 bridgehead atoms. The lowest BCUT2D eigenvalue weighted by Crippen LogP contribution is -2.43. The smallest absolute Gasteiger partial charge is 0.235 e. The van der Waals surface area contributed by atoms with Gasteiger partial charge in [0.2, 0.25) is 11.6 Å². The molecule has 16 heteroatoms. The lowest BCUT2D eigenvalue weighted by Gasteiger charge is -2.42. The second-order valence-corrected chi connectivity index (χ2v) is 35.7. The zero-order valence-corrected chi connectivity index (χ0v) is 73.5. The molecule has 4 aromatic carbocycles. The van der Waals surface area contributed by atoms with Gasteiger partial charge in [-0.25, -0.2) is 27.8 Å². The maximum atomic E-state index is 7.44. The van der Waals surface area contributed by atoms with E-state index in [9.17, 15) is 0 Å². The second kappa shape index (κ2) is 47.6. The summed E-state index contributed by atoms with van der Waals surface area (Å²) in [5, 5.41) is 8.56. The van der Waals surface area contributed by atoms with Gasteiger partial charge in [0.05, 0.1) is 17.6 Å². The van der Waals surface area contributed by atoms with E-state index < -0.39 is 0 Å². The molecule has 1 unspecified atom stereocenters. The molecule has 0 amide bonds. The Kier molecular flexibility index (Phi) is 37.4. The highest BCUT2D eigenvalue weighted by Gasteiger charge is 2.41. The van der Waals surface area contributed by atoms with E-state index in [1.165, 1.54) is 184 Å². The molecule has 3 N–H and O–H groups in total. The Balaban J connectivity index is 0.000000154. The molecule has 116 heavy (non-hydrogen) atoms. The van der Waals surface area contributed by atoms with Gasteiger partial charge in [0.25, 0.3) is 0 Å². The first-order valence-electron chi connectivity index (χ1n) is 46.3. The van der Waals surface area contributed by atoms with E-state index in [0.717, 1.165) is 190 Å². The van der Waals surface area contributed by atoms with Crippen LogP contribution in [0.2, 0.25) is 0 Å². The van der Waals surface area contributed by atoms with Crippen LogP contribution in [0, 0.1) is 34.8 Å². The van der Waals surface area contributed by atoms with Gasteiger partial charge in [0.15, 0.2) is 23.2 Å². The fourth-order valence-electron chi connectivity index (χ4n) is 20.1. The summed E-state index contributed by atoms with van der Waals surface area (Å²) in [5.74, 6) is 1.84. The number of aromatic nitrogens is 5. The topological polar surface area (TPSA) is 132 Å². The molecule has 7 fully saturated rings. The normalized spacial score (nSPS) is 20.7. The average molecular weight is 1580 g/mol. The highest BCUT2D eigenvalue weighted by molar-refractivity contribution is 5.88. The molecule has 1 atom stereocenters. The van der Waals surface area contributed by atoms with Crippen molar-refractivity contribution in [2.75, 3.05) is 108 Å². The van der Waals surface area contributed by atoms with E-state index in [1.54, 1.807) is 0 Å². The maximum Gasteiger partial charge on any atom is 0.235 e. The van der Waals surface area contributed by atoms with Crippen LogP contribution >= 0.6 is 0 Å². The van der Waals surface area contributed by atoms with Gasteiger partial charge in [0, 0.05) is 117 Å². The first-order valence-corrected chi connectivity index (χ1v) is 46.3. The Morgan fingerprint density at radius 1 is 0.474 bits per heavy atom. The fraction of sp³-hybridized carbons (Fsp3) is 0.640. The average Bonchev–Trinajstić information content (AvgIpc) is 1.59. The Morgan fingerprint density at radius 2 is 0.922 bits per heavy atom. The van der Waals surface area contributed by atoms with Crippen LogP contribution in [0.25, 0.3) is 20.9 Å². The molecule has 632 valence electrons. The third-order valence-electron chi connectivity index (χ3n) is 27.9. The standard InChI is InChI=1S/C28H39N7O.C17H27N.C16H22N2.C16H26N2.C13H16N2.C10H21N/c1-3-12-28(4-2)13-17-33(18-14-28)23-20-30-25-26(31-23)35(24-11-5-6-19-36-24)32-27(25)34-16-8-9-21-22(34)10-7-15-29-21;1-3-10-17(4-2)11-13-18(14-12-17)15-16-8-6-5-7-9-16;1-3-9-16(17-2)10-12-18(13-11-16)14-15-7-5-4-6-8-15;1-2-8-16(14-17)9-11-18(12-10-16)13-15-6-4-3-5-7-15;1-14-13-7-9-15(10-8-13)11-12-5-3-2-4-6-12;1-3-5-10(4-2)6-8-11-9-7-10/h7,10,15,20,24H,3-6,8-9,11-14,16-19H2,1-2H3;5-9H,3-4,10-15H2,1-2H3;4-8H,3,9-14H2,1H3;3-7H,2,8-14,17H2,1H3;2-6,13H,7-11H2;11H,3-9H2,1-2H3. The van der Waals surface area contributed by atoms with Gasteiger partial charge in [-0.2, -0.15) is 0 Å². The van der Waals surface area contributed by atoms with E-state index >= 15 is 0 Å². The summed E-state index contributed by atoms with van der Waals surface area (Å²) in [6.45, 7) is 53.5. The molecular weight excluding hydrogens is 1430 g/mol. The molecule has 16 nitrogen and oxygen atoms in total. The third-order valence-corrected chi connectivity index (χ3v) is 27.9. The van der Waals surface area contributed by atoms with Crippen LogP contribution in [0.4, 0.5) is 17.3 Å². The number of hydrogen-bond donors (Lipinski definition) is 2. The number of piperidine rings is 6. The SMILES string of the molecule is CCCC1(CC)CCN(Cc2ccccc2)CC1.CCCC1(CC)CCN(c2cnc3c(N4CCCc5ncccc54)nn(C4CCCCO4)c3n2)CC1.CCCC1(CC)CCNCC1.CCCC1(CN)CCN(Cc2ccccc2)CC1.[C-]#[N+]C1(CCC)CCN(Cc2ccccc2)CC1.[C-]#[N+]C1CCN(Cc2ccccc2)CC1. The monoisotopic (exact) mass is 1580 g/mol. The van der Waals surface area contributed by atoms with E-state index in [2.05, 4.69) is 232 Å². The van der Waals surface area contributed by atoms with Gasteiger partial charge >= 0.3 is 0 Å². The quantitative estimate of drug-likeness (QED) is 0.0527. The first kappa shape index (κ1) is 91.2. The Labute approximate surface area is 703 Å². The molecule has 8 aliphatic rings. The molecule has 11 heterocycles. The largest absolute Gasteiger partial charge is 0.356 e. The molecule has 0 spiro atoms. The van der Waals surface area contributed by atoms with Crippen molar-refractivity contribution < 1.29 is 4.74 Å². The molecule has 8 aliphatic heterocycles. The summed E-state index contributed by atoms with van der Waals surface area (Å²) in [4.78, 5) is 37.2. The van der Waals surface area contributed by atoms with Gasteiger partial charge in [0.1, 0.15) is 5.82 Å². The Bertz CT molecular complexity index is 3840. The Morgan fingerprint density at radius 3 is 1.36 bits per heavy atom. The molecule has 0 saturated carbocycles. The number of likely N-dealkylation sites (tertiary alicyclic amines) is 4. The van der Waals surface area contributed by atoms with Crippen LogP contribution < -0.4 is 20.9 Å². The van der Waals surface area contributed by atoms with E-state index in [0.29, 0.717) is 21.7 Å². The number of nitrogens with zero attached hydrogens (tertiary/aromatic N) is 13. The number of benzene rings is 4. The van der Waals surface area contributed by atoms with Gasteiger partial charge in [-0.05, 0) is 217 Å². The van der Waals surface area contributed by atoms with E-state index in [4.69, 9.17) is 38.7 Å². The highest BCUT2D eigenvalue weighted by atomic mass is 16.5. The van der Waals surface area contributed by atoms with Crippen LogP contribution in [0.1, 0.15) is 276 Å². The number of fused-ring (bicyclic) bond motifs is 2. The minimum absolute atomic E-state index is 0.0536. The van der Waals surface area contributed by atoms with Crippen LogP contribution in [0.5, 0.6) is 0 Å². The van der Waals surface area contributed by atoms with E-state index in [1.807, 2.05) is 23.1 Å². The summed E-state index contributed by atoms with van der Waals surface area (Å²) in [6.07, 6.45) is 40.6. The van der Waals surface area contributed by atoms with Crippen LogP contribution in [0.15, 0.2) is 146 Å². The third kappa shape index (κ3) is 26.7. The van der Waals surface area contributed by atoms with Crippen molar-refractivity contribution >= 4 is 28.5 Å². The zero-order chi connectivity index (χ0) is 81.7. The number of hydrogen-bond acceptors (Lipinski definition) is 13. The number of anilines is 3. The summed E-state index contributed by atoms with van der Waals surface area (Å²) < 4.78 is 8.20. The zero-order valence-electron chi connectivity index (χ0n) is 73.5. The molecule has 7 saturated heterocycles. The van der Waals surface area contributed by atoms with Crippen molar-refractivity contribution in [3.05, 3.63) is 197 Å². The fourth-order valence-corrected chi connectivity index (χ4v) is 20.1. The predicted molar refractivity (Wildman–Crippen MR) is 485 cm³/mol. The van der Waals surface area contributed by atoms with Gasteiger partial charge in [-0.15, -0.1) is 5.10 Å². The first-order chi connectivity index (χ1) is 56.8. The Hall–Kier alpha value is -7.12. The van der Waals surface area contributed by atoms with Crippen LogP contribution in [-0.4, -0.2) is 154 Å². The number of nitrogens with two attached hydrogens (primary N) is 1. The van der Waals surface area contributed by atoms with Crippen LogP contribution in [0.3, 0.4) is 0 Å². The van der Waals surface area contributed by atoms with Gasteiger partial charge in [-0.1, -0.05) is 222 Å². The molecule has 7 aromatic rings. The summed E-state index contributed by atoms with van der Waals surface area (Å²) in [7, 11) is 0. The maximum absolute atomic E-state index is 7.44. The molecule has 0 radical (unpaired) electrons. The van der Waals surface area contributed by atoms with Gasteiger partial charge < -0.3 is 35.3 Å².